The Bertz CT molecular complexity index is 538. The first-order valence-corrected chi connectivity index (χ1v) is 5.84. The number of aromatic nitrogens is 1. The van der Waals surface area contributed by atoms with Gasteiger partial charge in [-0.3, -0.25) is 24.3 Å². The van der Waals surface area contributed by atoms with Crippen LogP contribution in [0.15, 0.2) is 21.5 Å². The topological polar surface area (TPSA) is 91.4 Å². The summed E-state index contributed by atoms with van der Waals surface area (Å²) in [4.78, 5) is 33.0. The normalized spacial score (nSPS) is 10.4. The van der Waals surface area contributed by atoms with Gasteiger partial charge in [0.1, 0.15) is 6.54 Å². The maximum Gasteiger partial charge on any atom is 0.326 e. The van der Waals surface area contributed by atoms with E-state index in [0.29, 0.717) is 0 Å². The third kappa shape index (κ3) is 3.66. The van der Waals surface area contributed by atoms with Crippen LogP contribution in [0.2, 0.25) is 0 Å². The van der Waals surface area contributed by atoms with Crippen molar-refractivity contribution in [3.63, 3.8) is 0 Å². The molecule has 98 valence electrons. The quantitative estimate of drug-likeness (QED) is 0.476. The Hall–Kier alpha value is -1.70. The molecule has 0 saturated heterocycles. The molecule has 7 nitrogen and oxygen atoms in total. The second-order valence-corrected chi connectivity index (χ2v) is 4.63. The summed E-state index contributed by atoms with van der Waals surface area (Å²) in [5.74, 6) is -0.625. The SMILES string of the molecule is CC(C)OC(=O)Cn1cc([N+](=O)[O-])cc(Br)c1=O. The molecule has 0 N–H and O–H groups in total. The van der Waals surface area contributed by atoms with Crippen molar-refractivity contribution in [3.05, 3.63) is 37.2 Å². The van der Waals surface area contributed by atoms with E-state index in [0.717, 1.165) is 16.8 Å². The highest BCUT2D eigenvalue weighted by Gasteiger charge is 2.15. The van der Waals surface area contributed by atoms with E-state index in [1.807, 2.05) is 0 Å². The third-order valence-electron chi connectivity index (χ3n) is 1.91. The Kier molecular flexibility index (Phi) is 4.60. The number of halogens is 1. The Morgan fingerprint density at radius 1 is 1.61 bits per heavy atom. The summed E-state index contributed by atoms with van der Waals surface area (Å²) in [5.41, 5.74) is -0.805. The summed E-state index contributed by atoms with van der Waals surface area (Å²) in [6.07, 6.45) is 0.699. The molecule has 0 saturated carbocycles. The minimum Gasteiger partial charge on any atom is -0.462 e. The second-order valence-electron chi connectivity index (χ2n) is 3.78. The summed E-state index contributed by atoms with van der Waals surface area (Å²) < 4.78 is 5.83. The lowest BCUT2D eigenvalue weighted by Crippen LogP contribution is -2.27. The van der Waals surface area contributed by atoms with Crippen molar-refractivity contribution in [3.8, 4) is 0 Å². The molecule has 0 aliphatic rings. The number of nitrogens with zero attached hydrogens (tertiary/aromatic N) is 2. The molecule has 1 heterocycles. The number of carbonyl (C=O) groups excluding carboxylic acids is 1. The summed E-state index contributed by atoms with van der Waals surface area (Å²) in [6, 6.07) is 1.09. The lowest BCUT2D eigenvalue weighted by atomic mass is 10.4. The van der Waals surface area contributed by atoms with E-state index in [-0.39, 0.29) is 22.8 Å². The molecule has 0 bridgehead atoms. The smallest absolute Gasteiger partial charge is 0.326 e. The molecule has 1 rings (SSSR count). The maximum absolute atomic E-state index is 11.7. The van der Waals surface area contributed by atoms with Gasteiger partial charge in [0.2, 0.25) is 0 Å². The van der Waals surface area contributed by atoms with Crippen LogP contribution in [0.4, 0.5) is 5.69 Å². The van der Waals surface area contributed by atoms with Crippen LogP contribution in [0, 0.1) is 10.1 Å². The number of rotatable bonds is 4. The largest absolute Gasteiger partial charge is 0.462 e. The van der Waals surface area contributed by atoms with E-state index >= 15 is 0 Å². The van der Waals surface area contributed by atoms with Gasteiger partial charge >= 0.3 is 5.97 Å². The van der Waals surface area contributed by atoms with Gasteiger partial charge in [0.25, 0.3) is 11.2 Å². The van der Waals surface area contributed by atoms with Gasteiger partial charge in [-0.25, -0.2) is 0 Å². The number of pyridine rings is 1. The molecule has 0 spiro atoms. The lowest BCUT2D eigenvalue weighted by molar-refractivity contribution is -0.385. The van der Waals surface area contributed by atoms with Crippen LogP contribution in [0.1, 0.15) is 13.8 Å². The van der Waals surface area contributed by atoms with Crippen LogP contribution in [0.3, 0.4) is 0 Å². The van der Waals surface area contributed by atoms with Gasteiger partial charge in [-0.1, -0.05) is 0 Å². The zero-order valence-corrected chi connectivity index (χ0v) is 11.3. The van der Waals surface area contributed by atoms with Crippen molar-refractivity contribution in [1.29, 1.82) is 0 Å². The average molecular weight is 319 g/mol. The van der Waals surface area contributed by atoms with Crippen molar-refractivity contribution < 1.29 is 14.5 Å². The van der Waals surface area contributed by atoms with Crippen LogP contribution >= 0.6 is 15.9 Å². The Morgan fingerprint density at radius 3 is 2.72 bits per heavy atom. The lowest BCUT2D eigenvalue weighted by Gasteiger charge is -2.09. The summed E-state index contributed by atoms with van der Waals surface area (Å²) in [7, 11) is 0. The molecule has 1 aromatic rings. The first kappa shape index (κ1) is 14.4. The molecule has 18 heavy (non-hydrogen) atoms. The van der Waals surface area contributed by atoms with Crippen molar-refractivity contribution in [2.24, 2.45) is 0 Å². The molecule has 0 atom stereocenters. The molecule has 0 radical (unpaired) electrons. The fourth-order valence-corrected chi connectivity index (χ4v) is 1.70. The molecule has 0 fully saturated rings. The van der Waals surface area contributed by atoms with Crippen molar-refractivity contribution in [2.75, 3.05) is 0 Å². The average Bonchev–Trinajstić information content (AvgIpc) is 2.22. The molecular weight excluding hydrogens is 308 g/mol. The maximum atomic E-state index is 11.7. The van der Waals surface area contributed by atoms with Gasteiger partial charge in [-0.15, -0.1) is 0 Å². The molecule has 8 heteroatoms. The first-order chi connectivity index (χ1) is 8.31. The Morgan fingerprint density at radius 2 is 2.22 bits per heavy atom. The van der Waals surface area contributed by atoms with Gasteiger partial charge in [0.05, 0.1) is 21.7 Å². The standard InChI is InChI=1S/C10H11BrN2O5/c1-6(2)18-9(14)5-12-4-7(13(16)17)3-8(11)10(12)15/h3-4,6H,5H2,1-2H3. The molecular formula is C10H11BrN2O5. The van der Waals surface area contributed by atoms with E-state index in [2.05, 4.69) is 15.9 Å². The van der Waals surface area contributed by atoms with Crippen LogP contribution in [-0.4, -0.2) is 21.6 Å². The molecule has 0 aliphatic carbocycles. The number of esters is 1. The van der Waals surface area contributed by atoms with Crippen LogP contribution in [0.5, 0.6) is 0 Å². The molecule has 0 aliphatic heterocycles. The Balaban J connectivity index is 3.05. The van der Waals surface area contributed by atoms with E-state index in [1.165, 1.54) is 0 Å². The second kappa shape index (κ2) is 5.76. The number of hydrogen-bond donors (Lipinski definition) is 0. The summed E-state index contributed by atoms with van der Waals surface area (Å²) >= 11 is 2.92. The summed E-state index contributed by atoms with van der Waals surface area (Å²) in [6.45, 7) is 2.98. The van der Waals surface area contributed by atoms with Gasteiger partial charge in [0.15, 0.2) is 0 Å². The monoisotopic (exact) mass is 318 g/mol. The molecule has 0 aromatic carbocycles. The van der Waals surface area contributed by atoms with Gasteiger partial charge in [-0.05, 0) is 29.8 Å². The van der Waals surface area contributed by atoms with Gasteiger partial charge in [0, 0.05) is 6.07 Å². The van der Waals surface area contributed by atoms with E-state index in [9.17, 15) is 19.7 Å². The highest BCUT2D eigenvalue weighted by atomic mass is 79.9. The highest BCUT2D eigenvalue weighted by Crippen LogP contribution is 2.14. The van der Waals surface area contributed by atoms with E-state index < -0.39 is 16.5 Å². The number of carbonyl (C=O) groups is 1. The molecule has 0 amide bonds. The number of hydrogen-bond acceptors (Lipinski definition) is 5. The first-order valence-electron chi connectivity index (χ1n) is 5.05. The Labute approximate surface area is 111 Å². The van der Waals surface area contributed by atoms with Crippen molar-refractivity contribution in [2.45, 2.75) is 26.5 Å². The predicted molar refractivity (Wildman–Crippen MR) is 66.3 cm³/mol. The minimum atomic E-state index is -0.644. The fraction of sp³-hybridized carbons (Fsp3) is 0.400. The van der Waals surface area contributed by atoms with Crippen LogP contribution < -0.4 is 5.56 Å². The highest BCUT2D eigenvalue weighted by molar-refractivity contribution is 9.10. The fourth-order valence-electron chi connectivity index (χ4n) is 1.24. The van der Waals surface area contributed by atoms with Gasteiger partial charge < -0.3 is 4.74 Å². The number of nitro groups is 1. The minimum absolute atomic E-state index is 0.0223. The summed E-state index contributed by atoms with van der Waals surface area (Å²) in [5, 5.41) is 10.6. The van der Waals surface area contributed by atoms with E-state index in [1.54, 1.807) is 13.8 Å². The molecule has 0 unspecified atom stereocenters. The zero-order valence-electron chi connectivity index (χ0n) is 9.75. The van der Waals surface area contributed by atoms with Crippen LogP contribution in [-0.2, 0) is 16.1 Å². The van der Waals surface area contributed by atoms with E-state index in [4.69, 9.17) is 4.74 Å². The zero-order chi connectivity index (χ0) is 13.9. The van der Waals surface area contributed by atoms with Crippen molar-refractivity contribution in [1.82, 2.24) is 4.57 Å². The predicted octanol–water partition coefficient (Wildman–Crippen LogP) is 1.47. The van der Waals surface area contributed by atoms with Crippen LogP contribution in [0.25, 0.3) is 0 Å². The van der Waals surface area contributed by atoms with Crippen molar-refractivity contribution >= 4 is 27.6 Å². The van der Waals surface area contributed by atoms with Gasteiger partial charge in [-0.2, -0.15) is 0 Å². The third-order valence-corrected chi connectivity index (χ3v) is 2.47. The molecule has 1 aromatic heterocycles. The number of ether oxygens (including phenoxy) is 1.